The molecule has 2 rings (SSSR count). The molecule has 0 aliphatic carbocycles. The number of nitrogens with zero attached hydrogens (tertiary/aromatic N) is 2. The average Bonchev–Trinajstić information content (AvgIpc) is 2.47. The van der Waals surface area contributed by atoms with E-state index in [2.05, 4.69) is 50.5 Å². The summed E-state index contributed by atoms with van der Waals surface area (Å²) in [4.78, 5) is 9.03. The van der Waals surface area contributed by atoms with E-state index in [1.54, 1.807) is 0 Å². The van der Waals surface area contributed by atoms with Gasteiger partial charge in [0.15, 0.2) is 0 Å². The minimum Gasteiger partial charge on any atom is -0.340 e. The Balaban J connectivity index is 2.42. The second-order valence-electron chi connectivity index (χ2n) is 4.89. The Morgan fingerprint density at radius 2 is 1.86 bits per heavy atom. The molecule has 0 radical (unpaired) electrons. The molecular formula is C15H20BrN5. The van der Waals surface area contributed by atoms with Gasteiger partial charge in [-0.15, -0.1) is 0 Å². The van der Waals surface area contributed by atoms with Crippen molar-refractivity contribution in [2.75, 3.05) is 10.7 Å². The smallest absolute Gasteiger partial charge is 0.148 e. The summed E-state index contributed by atoms with van der Waals surface area (Å²) < 4.78 is 1.06. The zero-order valence-corrected chi connectivity index (χ0v) is 14.1. The minimum atomic E-state index is 0.656. The molecule has 4 N–H and O–H groups in total. The van der Waals surface area contributed by atoms with Gasteiger partial charge in [-0.05, 0) is 38.0 Å². The Labute approximate surface area is 133 Å². The number of halogens is 1. The summed E-state index contributed by atoms with van der Waals surface area (Å²) in [7, 11) is 0. The van der Waals surface area contributed by atoms with Crippen LogP contribution < -0.4 is 16.6 Å². The number of aryl methyl sites for hydroxylation is 1. The van der Waals surface area contributed by atoms with Crippen LogP contribution in [0, 0.1) is 13.8 Å². The molecule has 5 nitrogen and oxygen atoms in total. The van der Waals surface area contributed by atoms with E-state index in [1.165, 1.54) is 0 Å². The highest BCUT2D eigenvalue weighted by molar-refractivity contribution is 9.10. The number of hydrogen-bond donors (Lipinski definition) is 3. The van der Waals surface area contributed by atoms with Gasteiger partial charge in [-0.25, -0.2) is 15.8 Å². The predicted molar refractivity (Wildman–Crippen MR) is 90.7 cm³/mol. The lowest BCUT2D eigenvalue weighted by Crippen LogP contribution is -2.14. The maximum atomic E-state index is 5.56. The van der Waals surface area contributed by atoms with Crippen molar-refractivity contribution in [2.45, 2.75) is 33.6 Å². The number of nitrogens with two attached hydrogens (primary N) is 1. The fourth-order valence-electron chi connectivity index (χ4n) is 2.03. The van der Waals surface area contributed by atoms with Crippen molar-refractivity contribution in [3.05, 3.63) is 39.6 Å². The van der Waals surface area contributed by atoms with E-state index in [9.17, 15) is 0 Å². The normalized spacial score (nSPS) is 10.5. The van der Waals surface area contributed by atoms with Crippen molar-refractivity contribution in [3.8, 4) is 0 Å². The van der Waals surface area contributed by atoms with E-state index in [1.807, 2.05) is 25.1 Å². The molecular weight excluding hydrogens is 330 g/mol. The number of benzene rings is 1. The van der Waals surface area contributed by atoms with Crippen LogP contribution in [0.2, 0.25) is 0 Å². The largest absolute Gasteiger partial charge is 0.340 e. The zero-order valence-electron chi connectivity index (χ0n) is 12.5. The molecule has 1 heterocycles. The van der Waals surface area contributed by atoms with E-state index in [0.717, 1.165) is 45.8 Å². The van der Waals surface area contributed by atoms with Gasteiger partial charge in [0.2, 0.25) is 0 Å². The molecule has 0 atom stereocenters. The number of hydrogen-bond acceptors (Lipinski definition) is 5. The Morgan fingerprint density at radius 1 is 1.14 bits per heavy atom. The van der Waals surface area contributed by atoms with Crippen LogP contribution in [0.25, 0.3) is 0 Å². The predicted octanol–water partition coefficient (Wildman–Crippen LogP) is 3.84. The summed E-state index contributed by atoms with van der Waals surface area (Å²) in [5, 5.41) is 3.38. The van der Waals surface area contributed by atoms with Crippen LogP contribution in [0.3, 0.4) is 0 Å². The molecule has 1 aromatic carbocycles. The summed E-state index contributed by atoms with van der Waals surface area (Å²) >= 11 is 3.54. The molecule has 0 fully saturated rings. The molecule has 0 saturated carbocycles. The first-order valence-electron chi connectivity index (χ1n) is 6.93. The van der Waals surface area contributed by atoms with Gasteiger partial charge in [-0.1, -0.05) is 28.9 Å². The topological polar surface area (TPSA) is 75.9 Å². The molecule has 21 heavy (non-hydrogen) atoms. The Bertz CT molecular complexity index is 642. The Morgan fingerprint density at radius 3 is 2.52 bits per heavy atom. The molecule has 6 heteroatoms. The average molecular weight is 350 g/mol. The number of nitrogen functional groups attached to an aromatic ring is 1. The minimum absolute atomic E-state index is 0.656. The van der Waals surface area contributed by atoms with Gasteiger partial charge in [0, 0.05) is 22.1 Å². The summed E-state index contributed by atoms with van der Waals surface area (Å²) in [5.74, 6) is 7.78. The summed E-state index contributed by atoms with van der Waals surface area (Å²) in [5.41, 5.74) is 5.69. The monoisotopic (exact) mass is 349 g/mol. The van der Waals surface area contributed by atoms with Crippen molar-refractivity contribution < 1.29 is 0 Å². The van der Waals surface area contributed by atoms with Gasteiger partial charge in [0.05, 0.1) is 0 Å². The molecule has 0 spiro atoms. The first-order chi connectivity index (χ1) is 10.1. The highest BCUT2D eigenvalue weighted by atomic mass is 79.9. The maximum absolute atomic E-state index is 5.56. The van der Waals surface area contributed by atoms with Crippen molar-refractivity contribution in [3.63, 3.8) is 0 Å². The van der Waals surface area contributed by atoms with Crippen LogP contribution in [0.1, 0.15) is 30.3 Å². The second kappa shape index (κ2) is 6.87. The Hall–Kier alpha value is -1.66. The molecule has 0 aliphatic heterocycles. The number of aromatic nitrogens is 2. The van der Waals surface area contributed by atoms with Crippen LogP contribution in [0.15, 0.2) is 22.7 Å². The summed E-state index contributed by atoms with van der Waals surface area (Å²) in [6.07, 6.45) is 1.81. The van der Waals surface area contributed by atoms with Crippen molar-refractivity contribution in [1.29, 1.82) is 0 Å². The van der Waals surface area contributed by atoms with Gasteiger partial charge in [0.1, 0.15) is 17.5 Å². The zero-order chi connectivity index (χ0) is 15.4. The van der Waals surface area contributed by atoms with Gasteiger partial charge in [-0.3, -0.25) is 0 Å². The van der Waals surface area contributed by atoms with E-state index in [4.69, 9.17) is 5.84 Å². The molecule has 0 unspecified atom stereocenters. The first kappa shape index (κ1) is 15.7. The number of hydrazine groups is 1. The Kier molecular flexibility index (Phi) is 5.14. The standard InChI is InChI=1S/C15H20BrN5/c1-4-6-13-19-14(10(3)15(20-13)21-17)18-12-8-5-7-11(16)9(12)2/h5,7-8H,4,6,17H2,1-3H3,(H2,18,19,20,21). The molecule has 0 amide bonds. The molecule has 112 valence electrons. The highest BCUT2D eigenvalue weighted by Crippen LogP contribution is 2.28. The fraction of sp³-hybridized carbons (Fsp3) is 0.333. The van der Waals surface area contributed by atoms with Crippen LogP contribution >= 0.6 is 15.9 Å². The third-order valence-electron chi connectivity index (χ3n) is 3.32. The van der Waals surface area contributed by atoms with Crippen molar-refractivity contribution in [2.24, 2.45) is 5.84 Å². The summed E-state index contributed by atoms with van der Waals surface area (Å²) in [6, 6.07) is 6.03. The lowest BCUT2D eigenvalue weighted by molar-refractivity contribution is 0.833. The van der Waals surface area contributed by atoms with Crippen LogP contribution in [0.4, 0.5) is 17.3 Å². The van der Waals surface area contributed by atoms with Gasteiger partial charge in [0.25, 0.3) is 0 Å². The van der Waals surface area contributed by atoms with Crippen molar-refractivity contribution in [1.82, 2.24) is 9.97 Å². The van der Waals surface area contributed by atoms with Crippen LogP contribution in [-0.2, 0) is 6.42 Å². The summed E-state index contributed by atoms with van der Waals surface area (Å²) in [6.45, 7) is 6.10. The molecule has 0 aliphatic rings. The molecule has 1 aromatic heterocycles. The SMILES string of the molecule is CCCc1nc(NN)c(C)c(Nc2cccc(Br)c2C)n1. The van der Waals surface area contributed by atoms with E-state index in [0.29, 0.717) is 5.82 Å². The lowest BCUT2D eigenvalue weighted by Gasteiger charge is -2.15. The molecule has 0 saturated heterocycles. The molecule has 0 bridgehead atoms. The highest BCUT2D eigenvalue weighted by Gasteiger charge is 2.11. The number of nitrogens with one attached hydrogen (secondary N) is 2. The quantitative estimate of drug-likeness (QED) is 0.564. The third kappa shape index (κ3) is 3.51. The van der Waals surface area contributed by atoms with Gasteiger partial charge >= 0.3 is 0 Å². The van der Waals surface area contributed by atoms with E-state index < -0.39 is 0 Å². The van der Waals surface area contributed by atoms with Gasteiger partial charge in [-0.2, -0.15) is 0 Å². The van der Waals surface area contributed by atoms with Crippen LogP contribution in [-0.4, -0.2) is 9.97 Å². The van der Waals surface area contributed by atoms with E-state index >= 15 is 0 Å². The van der Waals surface area contributed by atoms with Crippen LogP contribution in [0.5, 0.6) is 0 Å². The number of rotatable bonds is 5. The number of anilines is 3. The van der Waals surface area contributed by atoms with Crippen molar-refractivity contribution >= 4 is 33.3 Å². The fourth-order valence-corrected chi connectivity index (χ4v) is 2.40. The molecule has 2 aromatic rings. The second-order valence-corrected chi connectivity index (χ2v) is 5.75. The lowest BCUT2D eigenvalue weighted by atomic mass is 10.2. The van der Waals surface area contributed by atoms with Gasteiger partial charge < -0.3 is 10.7 Å². The van der Waals surface area contributed by atoms with E-state index in [-0.39, 0.29) is 0 Å². The first-order valence-corrected chi connectivity index (χ1v) is 7.72. The third-order valence-corrected chi connectivity index (χ3v) is 4.18. The maximum Gasteiger partial charge on any atom is 0.148 e.